The third-order valence-corrected chi connectivity index (χ3v) is 10.2. The van der Waals surface area contributed by atoms with Crippen molar-refractivity contribution >= 4 is 26.5 Å². The van der Waals surface area contributed by atoms with Gasteiger partial charge in [0.1, 0.15) is 11.5 Å². The summed E-state index contributed by atoms with van der Waals surface area (Å²) in [5, 5.41) is 2.92. The van der Waals surface area contributed by atoms with E-state index in [4.69, 9.17) is 9.47 Å². The van der Waals surface area contributed by atoms with E-state index in [1.807, 2.05) is 0 Å². The van der Waals surface area contributed by atoms with E-state index in [1.54, 1.807) is 0 Å². The Bertz CT molecular complexity index is 674. The molecule has 0 radical (unpaired) electrons. The minimum atomic E-state index is -0.213. The van der Waals surface area contributed by atoms with Crippen molar-refractivity contribution < 1.29 is 9.47 Å². The third kappa shape index (κ3) is 5.08. The first-order valence-corrected chi connectivity index (χ1v) is 14.1. The Morgan fingerprint density at radius 1 is 0.571 bits per heavy atom. The molecule has 2 aromatic rings. The third-order valence-electron chi connectivity index (χ3n) is 5.07. The molecule has 0 heterocycles. The molecule has 0 aliphatic rings. The number of hydrogen-bond acceptors (Lipinski definition) is 2. The molecule has 2 nitrogen and oxygen atoms in total. The van der Waals surface area contributed by atoms with E-state index in [9.17, 15) is 0 Å². The zero-order valence-corrected chi connectivity index (χ0v) is 20.2. The zero-order valence-electron chi connectivity index (χ0n) is 18.4. The molecule has 0 aliphatic heterocycles. The first-order chi connectivity index (χ1) is 13.7. The van der Waals surface area contributed by atoms with Crippen molar-refractivity contribution in [3.63, 3.8) is 0 Å². The maximum atomic E-state index is 6.17. The van der Waals surface area contributed by atoms with Gasteiger partial charge in [-0.3, -0.25) is 0 Å². The molecule has 0 saturated carbocycles. The summed E-state index contributed by atoms with van der Waals surface area (Å²) in [4.78, 5) is 0. The molecule has 28 heavy (non-hydrogen) atoms. The van der Waals surface area contributed by atoms with Crippen LogP contribution in [0, 0.1) is 0 Å². The van der Waals surface area contributed by atoms with Gasteiger partial charge in [0.05, 0.1) is 13.2 Å². The van der Waals surface area contributed by atoms with Crippen LogP contribution in [-0.4, -0.2) is 37.9 Å². The van der Waals surface area contributed by atoms with Crippen molar-refractivity contribution in [2.75, 3.05) is 37.9 Å². The van der Waals surface area contributed by atoms with Crippen LogP contribution in [0.1, 0.15) is 41.5 Å². The van der Waals surface area contributed by atoms with E-state index >= 15 is 0 Å². The van der Waals surface area contributed by atoms with Gasteiger partial charge < -0.3 is 9.47 Å². The lowest BCUT2D eigenvalue weighted by Crippen LogP contribution is -2.17. The fraction of sp³-hybridized carbons (Fsp3) is 0.500. The Labute approximate surface area is 174 Å². The van der Waals surface area contributed by atoms with E-state index < -0.39 is 0 Å². The number of hydrogen-bond donors (Lipinski definition) is 0. The largest absolute Gasteiger partial charge is 0.493 e. The molecule has 0 spiro atoms. The van der Waals surface area contributed by atoms with Gasteiger partial charge in [0, 0.05) is 11.1 Å². The van der Waals surface area contributed by atoms with Gasteiger partial charge in [-0.25, -0.2) is 0 Å². The molecular formula is C24H36O2P2. The predicted octanol–water partition coefficient (Wildman–Crippen LogP) is 6.45. The molecule has 2 aromatic carbocycles. The first kappa shape index (κ1) is 23.2. The van der Waals surface area contributed by atoms with Gasteiger partial charge in [-0.15, -0.1) is 0 Å². The van der Waals surface area contributed by atoms with E-state index in [-0.39, 0.29) is 15.8 Å². The van der Waals surface area contributed by atoms with Crippen molar-refractivity contribution in [2.24, 2.45) is 0 Å². The summed E-state index contributed by atoms with van der Waals surface area (Å²) in [7, 11) is -0.426. The molecule has 0 saturated heterocycles. The summed E-state index contributed by atoms with van der Waals surface area (Å²) >= 11 is 0. The highest BCUT2D eigenvalue weighted by Crippen LogP contribution is 2.47. The monoisotopic (exact) mass is 418 g/mol. The standard InChI is InChI=1S/C24H36O2P2/c1-7-25-19-15-13-17-21(27(9-3)10-4)23(19)24-20(26-8-2)16-14-18-22(24)28(11-5)12-6/h13-18H,7-12H2,1-6H3. The molecule has 0 atom stereocenters. The Balaban J connectivity index is 2.87. The summed E-state index contributed by atoms with van der Waals surface area (Å²) in [6.45, 7) is 14.7. The minimum Gasteiger partial charge on any atom is -0.493 e. The van der Waals surface area contributed by atoms with Gasteiger partial charge in [-0.1, -0.05) is 67.8 Å². The number of rotatable bonds is 11. The summed E-state index contributed by atoms with van der Waals surface area (Å²) in [6, 6.07) is 13.2. The van der Waals surface area contributed by atoms with Crippen molar-refractivity contribution in [1.29, 1.82) is 0 Å². The highest BCUT2D eigenvalue weighted by Gasteiger charge is 2.25. The van der Waals surface area contributed by atoms with Crippen LogP contribution in [0.2, 0.25) is 0 Å². The lowest BCUT2D eigenvalue weighted by Gasteiger charge is -2.26. The summed E-state index contributed by atoms with van der Waals surface area (Å²) in [6.07, 6.45) is 4.77. The van der Waals surface area contributed by atoms with Crippen LogP contribution in [-0.2, 0) is 0 Å². The van der Waals surface area contributed by atoms with Gasteiger partial charge in [0.15, 0.2) is 0 Å². The van der Waals surface area contributed by atoms with E-state index in [1.165, 1.54) is 46.4 Å². The predicted molar refractivity (Wildman–Crippen MR) is 129 cm³/mol. The Morgan fingerprint density at radius 2 is 0.929 bits per heavy atom. The van der Waals surface area contributed by atoms with Crippen molar-refractivity contribution in [3.8, 4) is 22.6 Å². The number of ether oxygens (including phenoxy) is 2. The molecule has 0 amide bonds. The fourth-order valence-corrected chi connectivity index (χ4v) is 7.68. The molecule has 2 rings (SSSR count). The van der Waals surface area contributed by atoms with E-state index in [0.717, 1.165) is 11.5 Å². The van der Waals surface area contributed by atoms with Gasteiger partial charge in [0.25, 0.3) is 0 Å². The van der Waals surface area contributed by atoms with Crippen LogP contribution in [0.15, 0.2) is 36.4 Å². The molecule has 0 fully saturated rings. The summed E-state index contributed by atoms with van der Waals surface area (Å²) < 4.78 is 12.3. The maximum Gasteiger partial charge on any atom is 0.127 e. The highest BCUT2D eigenvalue weighted by atomic mass is 31.1. The van der Waals surface area contributed by atoms with Gasteiger partial charge >= 0.3 is 0 Å². The van der Waals surface area contributed by atoms with E-state index in [0.29, 0.717) is 13.2 Å². The van der Waals surface area contributed by atoms with Crippen LogP contribution in [0.4, 0.5) is 0 Å². The first-order valence-electron chi connectivity index (χ1n) is 10.7. The molecule has 0 aliphatic carbocycles. The molecule has 4 heteroatoms. The molecule has 0 N–H and O–H groups in total. The van der Waals surface area contributed by atoms with Gasteiger partial charge in [-0.05, 0) is 61.2 Å². The molecule has 154 valence electrons. The maximum absolute atomic E-state index is 6.17. The van der Waals surface area contributed by atoms with Crippen LogP contribution in [0.25, 0.3) is 11.1 Å². The minimum absolute atomic E-state index is 0.213. The summed E-state index contributed by atoms with van der Waals surface area (Å²) in [5.41, 5.74) is 2.57. The average Bonchev–Trinajstić information content (AvgIpc) is 2.71. The lowest BCUT2D eigenvalue weighted by molar-refractivity contribution is 0.337. The van der Waals surface area contributed by atoms with Gasteiger partial charge in [-0.2, -0.15) is 0 Å². The van der Waals surface area contributed by atoms with Crippen LogP contribution in [0.5, 0.6) is 11.5 Å². The summed E-state index contributed by atoms with van der Waals surface area (Å²) in [5.74, 6) is 2.01. The molecule has 0 bridgehead atoms. The number of benzene rings is 2. The SMILES string of the molecule is CCOc1cccc(P(CC)CC)c1-c1c(OCC)cccc1P(CC)CC. The average molecular weight is 418 g/mol. The molecular weight excluding hydrogens is 382 g/mol. The van der Waals surface area contributed by atoms with Crippen molar-refractivity contribution in [3.05, 3.63) is 36.4 Å². The molecule has 0 aromatic heterocycles. The molecule has 0 unspecified atom stereocenters. The van der Waals surface area contributed by atoms with Crippen LogP contribution < -0.4 is 20.1 Å². The second kappa shape index (κ2) is 11.8. The van der Waals surface area contributed by atoms with Gasteiger partial charge in [0.2, 0.25) is 0 Å². The zero-order chi connectivity index (χ0) is 20.5. The highest BCUT2D eigenvalue weighted by molar-refractivity contribution is 7.66. The quantitative estimate of drug-likeness (QED) is 0.391. The fourth-order valence-electron chi connectivity index (χ4n) is 3.75. The lowest BCUT2D eigenvalue weighted by atomic mass is 10.0. The smallest absolute Gasteiger partial charge is 0.127 e. The second-order valence-corrected chi connectivity index (χ2v) is 12.2. The second-order valence-electron chi connectivity index (χ2n) is 6.51. The Morgan fingerprint density at radius 3 is 1.21 bits per heavy atom. The van der Waals surface area contributed by atoms with Crippen molar-refractivity contribution in [1.82, 2.24) is 0 Å². The van der Waals surface area contributed by atoms with Crippen LogP contribution >= 0.6 is 15.8 Å². The van der Waals surface area contributed by atoms with Crippen molar-refractivity contribution in [2.45, 2.75) is 41.5 Å². The topological polar surface area (TPSA) is 18.5 Å². The van der Waals surface area contributed by atoms with Crippen LogP contribution in [0.3, 0.4) is 0 Å². The Hall–Kier alpha value is -1.10. The van der Waals surface area contributed by atoms with E-state index in [2.05, 4.69) is 77.9 Å². The normalized spacial score (nSPS) is 11.3. The Kier molecular flexibility index (Phi) is 9.76.